The number of carbonyl (C=O) groups excluding carboxylic acids is 1. The maximum absolute atomic E-state index is 13.1. The van der Waals surface area contributed by atoms with Crippen LogP contribution < -0.4 is 9.64 Å². The number of nitrogens with zero attached hydrogens (tertiary/aromatic N) is 2. The Labute approximate surface area is 172 Å². The Morgan fingerprint density at radius 3 is 2.41 bits per heavy atom. The molecule has 3 rings (SSSR count). The SMILES string of the molecule is COc1ccc(/C=C/C(=O)N(C)c2ccccc2)cc1S(=O)(=O)N1CCCCC1. The summed E-state index contributed by atoms with van der Waals surface area (Å²) in [6, 6.07) is 14.2. The Morgan fingerprint density at radius 1 is 1.07 bits per heavy atom. The third-order valence-electron chi connectivity index (χ3n) is 5.01. The maximum Gasteiger partial charge on any atom is 0.250 e. The molecule has 0 radical (unpaired) electrons. The molecule has 0 unspecified atom stereocenters. The van der Waals surface area contributed by atoms with Crippen molar-refractivity contribution in [3.8, 4) is 5.75 Å². The van der Waals surface area contributed by atoms with Gasteiger partial charge in [-0.05, 0) is 48.7 Å². The summed E-state index contributed by atoms with van der Waals surface area (Å²) in [5.74, 6) is 0.105. The number of ether oxygens (including phenoxy) is 1. The molecule has 7 heteroatoms. The van der Waals surface area contributed by atoms with E-state index >= 15 is 0 Å². The second-order valence-electron chi connectivity index (χ2n) is 6.94. The number of benzene rings is 2. The lowest BCUT2D eigenvalue weighted by Crippen LogP contribution is -2.35. The van der Waals surface area contributed by atoms with Crippen LogP contribution in [0.4, 0.5) is 5.69 Å². The molecule has 1 amide bonds. The fraction of sp³-hybridized carbons (Fsp3) is 0.318. The zero-order valence-electron chi connectivity index (χ0n) is 16.7. The fourth-order valence-electron chi connectivity index (χ4n) is 3.30. The maximum atomic E-state index is 13.1. The van der Waals surface area contributed by atoms with Gasteiger partial charge in [-0.3, -0.25) is 4.79 Å². The summed E-state index contributed by atoms with van der Waals surface area (Å²) in [7, 11) is -0.493. The molecule has 1 saturated heterocycles. The second kappa shape index (κ2) is 9.24. The molecule has 154 valence electrons. The minimum Gasteiger partial charge on any atom is -0.495 e. The number of piperidine rings is 1. The molecule has 2 aromatic carbocycles. The zero-order valence-corrected chi connectivity index (χ0v) is 17.6. The lowest BCUT2D eigenvalue weighted by Gasteiger charge is -2.26. The largest absolute Gasteiger partial charge is 0.495 e. The Hall–Kier alpha value is -2.64. The number of hydrogen-bond acceptors (Lipinski definition) is 4. The summed E-state index contributed by atoms with van der Waals surface area (Å²) in [5.41, 5.74) is 1.40. The number of rotatable bonds is 6. The van der Waals surface area contributed by atoms with Crippen molar-refractivity contribution in [3.05, 3.63) is 60.2 Å². The van der Waals surface area contributed by atoms with Crippen molar-refractivity contribution in [2.24, 2.45) is 0 Å². The Bertz CT molecular complexity index is 981. The Morgan fingerprint density at radius 2 is 1.76 bits per heavy atom. The summed E-state index contributed by atoms with van der Waals surface area (Å²) in [4.78, 5) is 14.1. The summed E-state index contributed by atoms with van der Waals surface area (Å²) in [6.45, 7) is 1.04. The van der Waals surface area contributed by atoms with Crippen LogP contribution in [0, 0.1) is 0 Å². The standard InChI is InChI=1S/C22H26N2O4S/c1-23(19-9-5-3-6-10-19)22(25)14-12-18-11-13-20(28-2)21(17-18)29(26,27)24-15-7-4-8-16-24/h3,5-6,9-14,17H,4,7-8,15-16H2,1-2H3/b14-12+. The van der Waals surface area contributed by atoms with Gasteiger partial charge in [-0.15, -0.1) is 0 Å². The molecule has 1 aliphatic heterocycles. The third-order valence-corrected chi connectivity index (χ3v) is 6.93. The van der Waals surface area contributed by atoms with Crippen molar-refractivity contribution in [1.29, 1.82) is 0 Å². The van der Waals surface area contributed by atoms with Gasteiger partial charge in [0.25, 0.3) is 5.91 Å². The second-order valence-corrected chi connectivity index (χ2v) is 8.85. The average molecular weight is 415 g/mol. The molecule has 6 nitrogen and oxygen atoms in total. The van der Waals surface area contributed by atoms with Gasteiger partial charge in [0.05, 0.1) is 7.11 Å². The Balaban J connectivity index is 1.85. The van der Waals surface area contributed by atoms with Crippen LogP contribution in [-0.2, 0) is 14.8 Å². The number of sulfonamides is 1. The van der Waals surface area contributed by atoms with Crippen LogP contribution in [0.5, 0.6) is 5.75 Å². The van der Waals surface area contributed by atoms with Crippen LogP contribution in [-0.4, -0.2) is 45.9 Å². The monoisotopic (exact) mass is 414 g/mol. The van der Waals surface area contributed by atoms with Crippen molar-refractivity contribution in [1.82, 2.24) is 4.31 Å². The number of likely N-dealkylation sites (N-methyl/N-ethyl adjacent to an activating group) is 1. The van der Waals surface area contributed by atoms with Crippen molar-refractivity contribution in [2.45, 2.75) is 24.2 Å². The number of amides is 1. The van der Waals surface area contributed by atoms with E-state index < -0.39 is 10.0 Å². The summed E-state index contributed by atoms with van der Waals surface area (Å²) >= 11 is 0. The molecule has 0 aliphatic carbocycles. The van der Waals surface area contributed by atoms with Gasteiger partial charge >= 0.3 is 0 Å². The lowest BCUT2D eigenvalue weighted by atomic mass is 10.2. The molecule has 0 spiro atoms. The fourth-order valence-corrected chi connectivity index (χ4v) is 5.01. The van der Waals surface area contributed by atoms with E-state index in [1.54, 1.807) is 31.3 Å². The van der Waals surface area contributed by atoms with E-state index in [1.165, 1.54) is 22.4 Å². The molecule has 1 fully saturated rings. The number of anilines is 1. The molecule has 0 saturated carbocycles. The quantitative estimate of drug-likeness (QED) is 0.678. The van der Waals surface area contributed by atoms with Crippen LogP contribution >= 0.6 is 0 Å². The number of para-hydroxylation sites is 1. The number of hydrogen-bond donors (Lipinski definition) is 0. The van der Waals surface area contributed by atoms with Crippen LogP contribution in [0.15, 0.2) is 59.5 Å². The van der Waals surface area contributed by atoms with Gasteiger partial charge in [0, 0.05) is 31.9 Å². The van der Waals surface area contributed by atoms with E-state index in [-0.39, 0.29) is 10.8 Å². The van der Waals surface area contributed by atoms with Gasteiger partial charge in [-0.25, -0.2) is 8.42 Å². The van der Waals surface area contributed by atoms with Gasteiger partial charge < -0.3 is 9.64 Å². The van der Waals surface area contributed by atoms with Crippen molar-refractivity contribution in [3.63, 3.8) is 0 Å². The minimum absolute atomic E-state index is 0.132. The van der Waals surface area contributed by atoms with Gasteiger partial charge in [0.15, 0.2) is 0 Å². The molecule has 0 N–H and O–H groups in total. The highest BCUT2D eigenvalue weighted by atomic mass is 32.2. The van der Waals surface area contributed by atoms with Gasteiger partial charge in [0.2, 0.25) is 10.0 Å². The first-order chi connectivity index (χ1) is 13.9. The van der Waals surface area contributed by atoms with E-state index in [9.17, 15) is 13.2 Å². The molecule has 1 aliphatic rings. The molecular weight excluding hydrogens is 388 g/mol. The number of methoxy groups -OCH3 is 1. The predicted molar refractivity (Wildman–Crippen MR) is 114 cm³/mol. The lowest BCUT2D eigenvalue weighted by molar-refractivity contribution is -0.113. The Kier molecular flexibility index (Phi) is 6.71. The molecule has 0 atom stereocenters. The first-order valence-corrected chi connectivity index (χ1v) is 11.1. The highest BCUT2D eigenvalue weighted by Gasteiger charge is 2.29. The van der Waals surface area contributed by atoms with Gasteiger partial charge in [-0.1, -0.05) is 30.7 Å². The van der Waals surface area contributed by atoms with E-state index in [1.807, 2.05) is 30.3 Å². The topological polar surface area (TPSA) is 66.9 Å². The first kappa shape index (κ1) is 21.1. The molecule has 0 aromatic heterocycles. The van der Waals surface area contributed by atoms with E-state index in [0.717, 1.165) is 24.9 Å². The van der Waals surface area contributed by atoms with E-state index in [2.05, 4.69) is 0 Å². The molecule has 2 aromatic rings. The van der Waals surface area contributed by atoms with E-state index in [0.29, 0.717) is 24.4 Å². The predicted octanol–water partition coefficient (Wildman–Crippen LogP) is 3.55. The van der Waals surface area contributed by atoms with Crippen LogP contribution in [0.2, 0.25) is 0 Å². The van der Waals surface area contributed by atoms with Crippen molar-refractivity contribution < 1.29 is 17.9 Å². The molecule has 0 bridgehead atoms. The highest BCUT2D eigenvalue weighted by Crippen LogP contribution is 2.30. The van der Waals surface area contributed by atoms with Crippen LogP contribution in [0.25, 0.3) is 6.08 Å². The highest BCUT2D eigenvalue weighted by molar-refractivity contribution is 7.89. The zero-order chi connectivity index (χ0) is 20.9. The average Bonchev–Trinajstić information content (AvgIpc) is 2.77. The van der Waals surface area contributed by atoms with Crippen LogP contribution in [0.3, 0.4) is 0 Å². The normalized spacial score (nSPS) is 15.4. The summed E-state index contributed by atoms with van der Waals surface area (Å²) in [5, 5.41) is 0. The molecule has 1 heterocycles. The number of carbonyl (C=O) groups is 1. The van der Waals surface area contributed by atoms with Gasteiger partial charge in [-0.2, -0.15) is 4.31 Å². The van der Waals surface area contributed by atoms with Crippen molar-refractivity contribution in [2.75, 3.05) is 32.1 Å². The third kappa shape index (κ3) is 4.86. The van der Waals surface area contributed by atoms with Crippen molar-refractivity contribution >= 4 is 27.7 Å². The molecular formula is C22H26N2O4S. The van der Waals surface area contributed by atoms with Gasteiger partial charge in [0.1, 0.15) is 10.6 Å². The van der Waals surface area contributed by atoms with Crippen LogP contribution in [0.1, 0.15) is 24.8 Å². The molecule has 29 heavy (non-hydrogen) atoms. The minimum atomic E-state index is -3.65. The smallest absolute Gasteiger partial charge is 0.250 e. The van der Waals surface area contributed by atoms with E-state index in [4.69, 9.17) is 4.74 Å². The first-order valence-electron chi connectivity index (χ1n) is 9.62. The summed E-state index contributed by atoms with van der Waals surface area (Å²) < 4.78 is 33.0. The summed E-state index contributed by atoms with van der Waals surface area (Å²) in [6.07, 6.45) is 5.83.